The number of nitrogens with one attached hydrogen (secondary N) is 1. The molecule has 0 saturated carbocycles. The standard InChI is InChI=1S/C15H17N3O3/c1-18-13(14(19)16-9-10-5-4-8-21-10)17-12-7-3-2-6-11(12)15(18)20/h2-3,6-7,10H,4-5,8-9H2,1H3,(H,16,19). The Morgan fingerprint density at radius 3 is 3.05 bits per heavy atom. The van der Waals surface area contributed by atoms with Crippen LogP contribution in [-0.4, -0.2) is 34.7 Å². The quantitative estimate of drug-likeness (QED) is 0.908. The van der Waals surface area contributed by atoms with Crippen molar-refractivity contribution < 1.29 is 9.53 Å². The average molecular weight is 287 g/mol. The van der Waals surface area contributed by atoms with Crippen molar-refractivity contribution in [2.75, 3.05) is 13.2 Å². The van der Waals surface area contributed by atoms with Crippen LogP contribution in [0.4, 0.5) is 0 Å². The molecule has 6 nitrogen and oxygen atoms in total. The highest BCUT2D eigenvalue weighted by Gasteiger charge is 2.19. The maximum Gasteiger partial charge on any atom is 0.287 e. The highest BCUT2D eigenvalue weighted by atomic mass is 16.5. The van der Waals surface area contributed by atoms with Crippen LogP contribution in [-0.2, 0) is 11.8 Å². The molecule has 1 N–H and O–H groups in total. The monoisotopic (exact) mass is 287 g/mol. The number of carbonyl (C=O) groups is 1. The number of aromatic nitrogens is 2. The molecule has 1 aromatic carbocycles. The fourth-order valence-corrected chi connectivity index (χ4v) is 2.51. The predicted octanol–water partition coefficient (Wildman–Crippen LogP) is 0.842. The molecule has 1 aromatic heterocycles. The zero-order valence-electron chi connectivity index (χ0n) is 11.8. The first-order chi connectivity index (χ1) is 10.2. The lowest BCUT2D eigenvalue weighted by molar-refractivity contribution is 0.0845. The summed E-state index contributed by atoms with van der Waals surface area (Å²) < 4.78 is 6.74. The highest BCUT2D eigenvalue weighted by Crippen LogP contribution is 2.11. The maximum atomic E-state index is 12.2. The van der Waals surface area contributed by atoms with Gasteiger partial charge in [0.15, 0.2) is 0 Å². The number of benzene rings is 1. The molecule has 0 aliphatic carbocycles. The van der Waals surface area contributed by atoms with E-state index >= 15 is 0 Å². The first kappa shape index (κ1) is 13.8. The molecule has 21 heavy (non-hydrogen) atoms. The molecule has 1 unspecified atom stereocenters. The molecule has 1 aliphatic heterocycles. The molecule has 1 atom stereocenters. The van der Waals surface area contributed by atoms with E-state index < -0.39 is 0 Å². The predicted molar refractivity (Wildman–Crippen MR) is 78.3 cm³/mol. The molecule has 1 amide bonds. The first-order valence-corrected chi connectivity index (χ1v) is 7.02. The van der Waals surface area contributed by atoms with Gasteiger partial charge in [-0.15, -0.1) is 0 Å². The third-order valence-electron chi connectivity index (χ3n) is 3.70. The van der Waals surface area contributed by atoms with Crippen molar-refractivity contribution in [2.24, 2.45) is 7.05 Å². The van der Waals surface area contributed by atoms with Crippen LogP contribution in [0.1, 0.15) is 23.5 Å². The minimum Gasteiger partial charge on any atom is -0.376 e. The van der Waals surface area contributed by atoms with Gasteiger partial charge in [-0.05, 0) is 25.0 Å². The molecule has 2 heterocycles. The van der Waals surface area contributed by atoms with Crippen molar-refractivity contribution in [3.63, 3.8) is 0 Å². The van der Waals surface area contributed by atoms with Crippen LogP contribution in [0.25, 0.3) is 10.9 Å². The maximum absolute atomic E-state index is 12.2. The fraction of sp³-hybridized carbons (Fsp3) is 0.400. The van der Waals surface area contributed by atoms with Gasteiger partial charge in [0, 0.05) is 20.2 Å². The Labute approximate surface area is 121 Å². The van der Waals surface area contributed by atoms with Gasteiger partial charge in [0.25, 0.3) is 11.5 Å². The summed E-state index contributed by atoms with van der Waals surface area (Å²) >= 11 is 0. The number of hydrogen-bond donors (Lipinski definition) is 1. The van der Waals surface area contributed by atoms with Gasteiger partial charge in [-0.1, -0.05) is 12.1 Å². The summed E-state index contributed by atoms with van der Waals surface area (Å²) in [4.78, 5) is 28.8. The van der Waals surface area contributed by atoms with Crippen LogP contribution in [0.3, 0.4) is 0 Å². The number of para-hydroxylation sites is 1. The SMILES string of the molecule is Cn1c(C(=O)NCC2CCCO2)nc2ccccc2c1=O. The fourth-order valence-electron chi connectivity index (χ4n) is 2.51. The molecule has 0 radical (unpaired) electrons. The summed E-state index contributed by atoms with van der Waals surface area (Å²) in [7, 11) is 1.56. The second-order valence-corrected chi connectivity index (χ2v) is 5.16. The number of fused-ring (bicyclic) bond motifs is 1. The summed E-state index contributed by atoms with van der Waals surface area (Å²) in [6.45, 7) is 1.19. The molecule has 1 saturated heterocycles. The van der Waals surface area contributed by atoms with Crippen LogP contribution in [0, 0.1) is 0 Å². The number of ether oxygens (including phenoxy) is 1. The Bertz CT molecular complexity index is 733. The molecule has 1 fully saturated rings. The molecule has 0 spiro atoms. The van der Waals surface area contributed by atoms with Gasteiger partial charge >= 0.3 is 0 Å². The Morgan fingerprint density at radius 2 is 2.29 bits per heavy atom. The van der Waals surface area contributed by atoms with E-state index in [0.29, 0.717) is 17.4 Å². The van der Waals surface area contributed by atoms with E-state index in [4.69, 9.17) is 4.74 Å². The lowest BCUT2D eigenvalue weighted by atomic mass is 10.2. The van der Waals surface area contributed by atoms with Gasteiger partial charge in [-0.25, -0.2) is 4.98 Å². The summed E-state index contributed by atoms with van der Waals surface area (Å²) in [5.41, 5.74) is 0.311. The van der Waals surface area contributed by atoms with Gasteiger partial charge in [0.1, 0.15) is 0 Å². The Hall–Kier alpha value is -2.21. The van der Waals surface area contributed by atoms with Crippen molar-refractivity contribution in [2.45, 2.75) is 18.9 Å². The van der Waals surface area contributed by atoms with Crippen molar-refractivity contribution in [3.05, 3.63) is 40.4 Å². The highest BCUT2D eigenvalue weighted by molar-refractivity contribution is 5.92. The average Bonchev–Trinajstić information content (AvgIpc) is 3.02. The minimum atomic E-state index is -0.351. The largest absolute Gasteiger partial charge is 0.376 e. The zero-order valence-corrected chi connectivity index (χ0v) is 11.8. The normalized spacial score (nSPS) is 18.0. The van der Waals surface area contributed by atoms with Crippen molar-refractivity contribution in [1.29, 1.82) is 0 Å². The van der Waals surface area contributed by atoms with E-state index in [-0.39, 0.29) is 23.4 Å². The summed E-state index contributed by atoms with van der Waals surface area (Å²) in [5, 5.41) is 3.30. The molecule has 3 rings (SSSR count). The second-order valence-electron chi connectivity index (χ2n) is 5.16. The lowest BCUT2D eigenvalue weighted by Crippen LogP contribution is -2.36. The van der Waals surface area contributed by atoms with Gasteiger partial charge in [-0.2, -0.15) is 0 Å². The lowest BCUT2D eigenvalue weighted by Gasteiger charge is -2.12. The molecular formula is C15H17N3O3. The third kappa shape index (κ3) is 2.67. The van der Waals surface area contributed by atoms with Gasteiger partial charge in [0.05, 0.1) is 17.0 Å². The van der Waals surface area contributed by atoms with E-state index in [2.05, 4.69) is 10.3 Å². The molecule has 1 aliphatic rings. The van der Waals surface area contributed by atoms with E-state index in [1.165, 1.54) is 4.57 Å². The topological polar surface area (TPSA) is 73.2 Å². The zero-order chi connectivity index (χ0) is 14.8. The number of carbonyl (C=O) groups excluding carboxylic acids is 1. The molecule has 2 aromatic rings. The number of nitrogens with zero attached hydrogens (tertiary/aromatic N) is 2. The summed E-state index contributed by atoms with van der Waals surface area (Å²) in [5.74, 6) is -0.229. The van der Waals surface area contributed by atoms with Crippen LogP contribution >= 0.6 is 0 Å². The van der Waals surface area contributed by atoms with Gasteiger partial charge in [-0.3, -0.25) is 14.2 Å². The molecular weight excluding hydrogens is 270 g/mol. The van der Waals surface area contributed by atoms with Crippen molar-refractivity contribution in [1.82, 2.24) is 14.9 Å². The number of hydrogen-bond acceptors (Lipinski definition) is 4. The minimum absolute atomic E-state index is 0.0615. The van der Waals surface area contributed by atoms with Crippen molar-refractivity contribution >= 4 is 16.8 Å². The molecule has 110 valence electrons. The summed E-state index contributed by atoms with van der Waals surface area (Å²) in [6, 6.07) is 7.01. The van der Waals surface area contributed by atoms with E-state index in [1.54, 1.807) is 31.3 Å². The van der Waals surface area contributed by atoms with Crippen LogP contribution < -0.4 is 10.9 Å². The van der Waals surface area contributed by atoms with Crippen molar-refractivity contribution in [3.8, 4) is 0 Å². The second kappa shape index (κ2) is 5.65. The van der Waals surface area contributed by atoms with Crippen LogP contribution in [0.5, 0.6) is 0 Å². The van der Waals surface area contributed by atoms with E-state index in [1.807, 2.05) is 0 Å². The number of amides is 1. The van der Waals surface area contributed by atoms with E-state index in [0.717, 1.165) is 19.4 Å². The van der Waals surface area contributed by atoms with Crippen LogP contribution in [0.2, 0.25) is 0 Å². The Balaban J connectivity index is 1.87. The third-order valence-corrected chi connectivity index (χ3v) is 3.70. The Morgan fingerprint density at radius 1 is 1.48 bits per heavy atom. The molecule has 6 heteroatoms. The van der Waals surface area contributed by atoms with Gasteiger partial charge in [0.2, 0.25) is 5.82 Å². The first-order valence-electron chi connectivity index (χ1n) is 7.02. The van der Waals surface area contributed by atoms with Crippen LogP contribution in [0.15, 0.2) is 29.1 Å². The summed E-state index contributed by atoms with van der Waals surface area (Å²) in [6.07, 6.45) is 2.03. The smallest absolute Gasteiger partial charge is 0.287 e. The Kier molecular flexibility index (Phi) is 3.70. The van der Waals surface area contributed by atoms with E-state index in [9.17, 15) is 9.59 Å². The van der Waals surface area contributed by atoms with Gasteiger partial charge < -0.3 is 10.1 Å². The number of rotatable bonds is 3. The molecule has 0 bridgehead atoms.